The number of allylic oxidation sites excluding steroid dienone is 21. The van der Waals surface area contributed by atoms with Crippen LogP contribution in [0.3, 0.4) is 0 Å². The molecule has 0 fully saturated rings. The molecule has 0 radical (unpaired) electrons. The number of unbranched alkanes of at least 4 members (excludes halogenated alkanes) is 15. The highest BCUT2D eigenvalue weighted by Crippen LogP contribution is 2.14. The zero-order valence-electron chi connectivity index (χ0n) is 42.7. The molecule has 0 aromatic rings. The van der Waals surface area contributed by atoms with Crippen molar-refractivity contribution in [1.29, 1.82) is 0 Å². The maximum absolute atomic E-state index is 12.8. The fourth-order valence-corrected chi connectivity index (χ4v) is 6.83. The maximum Gasteiger partial charge on any atom is 0.309 e. The van der Waals surface area contributed by atoms with Crippen LogP contribution in [0, 0.1) is 0 Å². The largest absolute Gasteiger partial charge is 0.461 e. The number of rotatable bonds is 47. The Bertz CT molecular complexity index is 1400. The van der Waals surface area contributed by atoms with Crippen LogP contribution < -0.4 is 0 Å². The molecule has 66 heavy (non-hydrogen) atoms. The van der Waals surface area contributed by atoms with Crippen LogP contribution in [0.1, 0.15) is 213 Å². The summed E-state index contributed by atoms with van der Waals surface area (Å²) in [4.78, 5) is 25.4. The lowest BCUT2D eigenvalue weighted by molar-refractivity contribution is -0.162. The Balaban J connectivity index is 4.50. The van der Waals surface area contributed by atoms with Crippen molar-refractivity contribution in [2.75, 3.05) is 19.8 Å². The van der Waals surface area contributed by atoms with E-state index in [9.17, 15) is 9.59 Å². The molecule has 0 spiro atoms. The predicted molar refractivity (Wildman–Crippen MR) is 288 cm³/mol. The first-order chi connectivity index (χ1) is 32.6. The van der Waals surface area contributed by atoms with Gasteiger partial charge in [0.1, 0.15) is 6.61 Å². The van der Waals surface area contributed by atoms with Gasteiger partial charge in [0.05, 0.1) is 13.0 Å². The highest BCUT2D eigenvalue weighted by Gasteiger charge is 2.17. The van der Waals surface area contributed by atoms with Crippen LogP contribution in [0.15, 0.2) is 134 Å². The van der Waals surface area contributed by atoms with Gasteiger partial charge in [-0.25, -0.2) is 0 Å². The van der Waals surface area contributed by atoms with Gasteiger partial charge >= 0.3 is 11.9 Å². The van der Waals surface area contributed by atoms with Crippen LogP contribution >= 0.6 is 0 Å². The third-order valence-electron chi connectivity index (χ3n) is 10.7. The van der Waals surface area contributed by atoms with Gasteiger partial charge in [0.15, 0.2) is 6.10 Å². The summed E-state index contributed by atoms with van der Waals surface area (Å²) in [7, 11) is 0. The van der Waals surface area contributed by atoms with Crippen molar-refractivity contribution in [1.82, 2.24) is 0 Å². The van der Waals surface area contributed by atoms with E-state index in [1.807, 2.05) is 12.2 Å². The summed E-state index contributed by atoms with van der Waals surface area (Å²) in [6.45, 7) is 7.34. The van der Waals surface area contributed by atoms with Crippen molar-refractivity contribution in [2.24, 2.45) is 0 Å². The molecule has 0 aliphatic heterocycles. The summed E-state index contributed by atoms with van der Waals surface area (Å²) in [6, 6.07) is 0. The van der Waals surface area contributed by atoms with Crippen LogP contribution in [0.4, 0.5) is 0 Å². The highest BCUT2D eigenvalue weighted by molar-refractivity contribution is 5.71. The minimum Gasteiger partial charge on any atom is -0.461 e. The number of esters is 2. The molecule has 0 N–H and O–H groups in total. The van der Waals surface area contributed by atoms with E-state index in [0.29, 0.717) is 13.0 Å². The Morgan fingerprint density at radius 2 is 0.712 bits per heavy atom. The summed E-state index contributed by atoms with van der Waals surface area (Å²) in [5, 5.41) is 0. The van der Waals surface area contributed by atoms with Crippen LogP contribution in [0.2, 0.25) is 0 Å². The molecule has 1 atom stereocenters. The molecule has 1 unspecified atom stereocenters. The summed E-state index contributed by atoms with van der Waals surface area (Å²) in [5.74, 6) is -0.581. The van der Waals surface area contributed by atoms with Gasteiger partial charge in [0.2, 0.25) is 0 Å². The van der Waals surface area contributed by atoms with Crippen molar-refractivity contribution in [3.05, 3.63) is 134 Å². The summed E-state index contributed by atoms with van der Waals surface area (Å²) in [5.41, 5.74) is 0. The molecule has 0 bridgehead atoms. The Labute approximate surface area is 407 Å². The molecule has 5 nitrogen and oxygen atoms in total. The average Bonchev–Trinajstić information content (AvgIpc) is 3.32. The smallest absolute Gasteiger partial charge is 0.309 e. The number of ether oxygens (including phenoxy) is 3. The maximum atomic E-state index is 12.8. The molecule has 0 aromatic heterocycles. The highest BCUT2D eigenvalue weighted by atomic mass is 16.6. The normalized spacial score (nSPS) is 13.3. The quantitative estimate of drug-likeness (QED) is 0.0346. The van der Waals surface area contributed by atoms with E-state index in [4.69, 9.17) is 14.2 Å². The summed E-state index contributed by atoms with van der Waals surface area (Å²) < 4.78 is 17.2. The topological polar surface area (TPSA) is 61.8 Å². The van der Waals surface area contributed by atoms with Gasteiger partial charge in [-0.3, -0.25) is 9.59 Å². The fourth-order valence-electron chi connectivity index (χ4n) is 6.83. The molecule has 0 aromatic carbocycles. The number of carbonyl (C=O) groups excluding carboxylic acids is 2. The first-order valence-electron chi connectivity index (χ1n) is 26.7. The Morgan fingerprint density at radius 1 is 0.364 bits per heavy atom. The zero-order chi connectivity index (χ0) is 47.7. The molecule has 5 heteroatoms. The molecule has 372 valence electrons. The SMILES string of the molecule is CC/C=C\C/C=C\C/C=C\C/C=C\C/C=C\C/C=C\CCCOCC(COC(=O)C/C=C\C/C=C\C/C=C\C/C=C\C/C=C\CC)OC(=O)CCCCCCCCCCCCCCCCC. The van der Waals surface area contributed by atoms with Gasteiger partial charge < -0.3 is 14.2 Å². The van der Waals surface area contributed by atoms with Crippen LogP contribution in [0.25, 0.3) is 0 Å². The molecule has 0 aliphatic rings. The second-order valence-electron chi connectivity index (χ2n) is 17.0. The van der Waals surface area contributed by atoms with E-state index in [-0.39, 0.29) is 31.6 Å². The average molecular weight is 911 g/mol. The monoisotopic (exact) mass is 911 g/mol. The molecular weight excluding hydrogens is 813 g/mol. The van der Waals surface area contributed by atoms with E-state index in [1.54, 1.807) is 0 Å². The Hall–Kier alpha value is -3.96. The Kier molecular flexibility index (Phi) is 52.0. The lowest BCUT2D eigenvalue weighted by Gasteiger charge is -2.18. The van der Waals surface area contributed by atoms with Gasteiger partial charge in [0, 0.05) is 13.0 Å². The molecule has 0 rings (SSSR count). The molecule has 0 heterocycles. The zero-order valence-corrected chi connectivity index (χ0v) is 42.7. The van der Waals surface area contributed by atoms with Gasteiger partial charge in [-0.2, -0.15) is 0 Å². The second-order valence-corrected chi connectivity index (χ2v) is 17.0. The van der Waals surface area contributed by atoms with E-state index in [1.165, 1.54) is 77.0 Å². The fraction of sp³-hybridized carbons (Fsp3) is 0.607. The van der Waals surface area contributed by atoms with Crippen molar-refractivity contribution in [3.8, 4) is 0 Å². The molecule has 0 aliphatic carbocycles. The minimum atomic E-state index is -0.614. The molecule has 0 amide bonds. The number of hydrogen-bond donors (Lipinski definition) is 0. The Morgan fingerprint density at radius 3 is 1.11 bits per heavy atom. The van der Waals surface area contributed by atoms with Gasteiger partial charge in [-0.05, 0) is 89.9 Å². The first kappa shape index (κ1) is 62.0. The van der Waals surface area contributed by atoms with E-state index in [2.05, 4.69) is 142 Å². The number of hydrogen-bond acceptors (Lipinski definition) is 5. The minimum absolute atomic E-state index is 0.00128. The summed E-state index contributed by atoms with van der Waals surface area (Å²) in [6.07, 6.45) is 79.3. The number of carbonyl (C=O) groups is 2. The van der Waals surface area contributed by atoms with E-state index in [0.717, 1.165) is 103 Å². The van der Waals surface area contributed by atoms with Gasteiger partial charge in [0.25, 0.3) is 0 Å². The van der Waals surface area contributed by atoms with Crippen LogP contribution in [-0.2, 0) is 23.8 Å². The summed E-state index contributed by atoms with van der Waals surface area (Å²) >= 11 is 0. The molecule has 0 saturated carbocycles. The molecule has 0 saturated heterocycles. The van der Waals surface area contributed by atoms with Crippen molar-refractivity contribution in [3.63, 3.8) is 0 Å². The van der Waals surface area contributed by atoms with Gasteiger partial charge in [-0.15, -0.1) is 0 Å². The predicted octanol–water partition coefficient (Wildman–Crippen LogP) is 18.3. The third kappa shape index (κ3) is 52.7. The second kappa shape index (κ2) is 55.4. The van der Waals surface area contributed by atoms with Gasteiger partial charge in [-0.1, -0.05) is 244 Å². The standard InChI is InChI=1S/C61H98O5/c1-4-7-10-13-16-19-22-25-28-29-30-31-32-35-38-41-44-47-50-53-56-64-57-59(66-61(63)55-52-49-46-43-40-37-34-27-24-21-18-15-12-9-6-3)58-65-60(62)54-51-48-45-42-39-36-33-26-23-20-17-14-11-8-5-2/h7-8,10-11,16-17,19-20,25-26,28,30-31,33,35,38-39,42,44,47-48,51,59H,4-6,9,12-15,18,21-24,27,29,32,34,36-37,40-41,43,45-46,49-50,52-58H2,1-3H3/b10-7-,11-8-,19-16-,20-17-,28-25-,31-30-,33-26-,38-35-,42-39-,47-44-,51-48-. The first-order valence-corrected chi connectivity index (χ1v) is 26.7. The van der Waals surface area contributed by atoms with Crippen LogP contribution in [-0.4, -0.2) is 37.9 Å². The molecular formula is C61H98O5. The third-order valence-corrected chi connectivity index (χ3v) is 10.7. The van der Waals surface area contributed by atoms with Crippen LogP contribution in [0.5, 0.6) is 0 Å². The lowest BCUT2D eigenvalue weighted by atomic mass is 10.0. The van der Waals surface area contributed by atoms with Crippen molar-refractivity contribution in [2.45, 2.75) is 219 Å². The lowest BCUT2D eigenvalue weighted by Crippen LogP contribution is -2.30. The van der Waals surface area contributed by atoms with E-state index >= 15 is 0 Å². The van der Waals surface area contributed by atoms with Crippen molar-refractivity contribution >= 4 is 11.9 Å². The van der Waals surface area contributed by atoms with E-state index < -0.39 is 6.10 Å². The van der Waals surface area contributed by atoms with Crippen molar-refractivity contribution < 1.29 is 23.8 Å².